The van der Waals surface area contributed by atoms with Crippen LogP contribution in [0.25, 0.3) is 0 Å². The number of aldehydes is 1. The Labute approximate surface area is 127 Å². The Kier molecular flexibility index (Phi) is 8.12. The van der Waals surface area contributed by atoms with E-state index in [1.54, 1.807) is 11.8 Å². The van der Waals surface area contributed by atoms with Gasteiger partial charge in [0.15, 0.2) is 0 Å². The minimum Gasteiger partial charge on any atom is -0.303 e. The Morgan fingerprint density at radius 3 is 2.35 bits per heavy atom. The van der Waals surface area contributed by atoms with Crippen LogP contribution in [0.5, 0.6) is 0 Å². The molecule has 0 bridgehead atoms. The minimum absolute atomic E-state index is 0.202. The fourth-order valence-electron chi connectivity index (χ4n) is 2.58. The highest BCUT2D eigenvalue weighted by atomic mass is 32.2. The van der Waals surface area contributed by atoms with Gasteiger partial charge in [-0.05, 0) is 38.9 Å². The van der Waals surface area contributed by atoms with Crippen LogP contribution in [0.2, 0.25) is 0 Å². The van der Waals surface area contributed by atoms with Crippen molar-refractivity contribution in [2.24, 2.45) is 21.8 Å². The molecular formula is C16H28N2OS. The zero-order valence-electron chi connectivity index (χ0n) is 13.3. The first-order valence-electron chi connectivity index (χ1n) is 7.81. The summed E-state index contributed by atoms with van der Waals surface area (Å²) in [6.45, 7) is 6.28. The Hall–Kier alpha value is -0.640. The quantitative estimate of drug-likeness (QED) is 0.415. The molecule has 1 fully saturated rings. The first-order chi connectivity index (χ1) is 9.65. The van der Waals surface area contributed by atoms with Gasteiger partial charge in [0.25, 0.3) is 0 Å². The predicted molar refractivity (Wildman–Crippen MR) is 89.9 cm³/mol. The van der Waals surface area contributed by atoms with Crippen LogP contribution >= 0.6 is 11.8 Å². The van der Waals surface area contributed by atoms with Crippen LogP contribution in [0, 0.1) is 11.8 Å². The van der Waals surface area contributed by atoms with E-state index in [0.29, 0.717) is 12.0 Å². The summed E-state index contributed by atoms with van der Waals surface area (Å²) in [5, 5.41) is 1.13. The summed E-state index contributed by atoms with van der Waals surface area (Å²) in [6, 6.07) is 0.376. The lowest BCUT2D eigenvalue weighted by Crippen LogP contribution is -2.18. The van der Waals surface area contributed by atoms with E-state index in [0.717, 1.165) is 42.8 Å². The zero-order chi connectivity index (χ0) is 15.0. The molecule has 0 heterocycles. The Balaban J connectivity index is 2.99. The van der Waals surface area contributed by atoms with Crippen LogP contribution in [0.4, 0.5) is 0 Å². The van der Waals surface area contributed by atoms with Gasteiger partial charge in [0.2, 0.25) is 0 Å². The van der Waals surface area contributed by atoms with Gasteiger partial charge in [0, 0.05) is 5.92 Å². The molecule has 1 rings (SSSR count). The van der Waals surface area contributed by atoms with Crippen molar-refractivity contribution in [1.82, 2.24) is 0 Å². The highest BCUT2D eigenvalue weighted by molar-refractivity contribution is 8.13. The Morgan fingerprint density at radius 1 is 1.30 bits per heavy atom. The van der Waals surface area contributed by atoms with E-state index in [9.17, 15) is 4.79 Å². The zero-order valence-corrected chi connectivity index (χ0v) is 14.1. The summed E-state index contributed by atoms with van der Waals surface area (Å²) in [4.78, 5) is 20.7. The van der Waals surface area contributed by atoms with Crippen LogP contribution in [0.3, 0.4) is 0 Å². The van der Waals surface area contributed by atoms with Crippen molar-refractivity contribution in [1.29, 1.82) is 0 Å². The molecule has 0 saturated heterocycles. The van der Waals surface area contributed by atoms with Crippen molar-refractivity contribution in [3.8, 4) is 0 Å². The van der Waals surface area contributed by atoms with Gasteiger partial charge in [-0.1, -0.05) is 26.7 Å². The van der Waals surface area contributed by atoms with Crippen LogP contribution < -0.4 is 0 Å². The maximum absolute atomic E-state index is 11.1. The molecule has 0 radical (unpaired) electrons. The monoisotopic (exact) mass is 296 g/mol. The van der Waals surface area contributed by atoms with Gasteiger partial charge in [0.1, 0.15) is 12.1 Å². The van der Waals surface area contributed by atoms with Crippen molar-refractivity contribution in [3.63, 3.8) is 0 Å². The van der Waals surface area contributed by atoms with Crippen molar-refractivity contribution < 1.29 is 4.79 Å². The topological polar surface area (TPSA) is 41.8 Å². The molecule has 114 valence electrons. The molecule has 0 N–H and O–H groups in total. The molecule has 0 aromatic carbocycles. The third kappa shape index (κ3) is 5.04. The van der Waals surface area contributed by atoms with Gasteiger partial charge < -0.3 is 4.79 Å². The number of carbonyl (C=O) groups excluding carboxylic acids is 1. The maximum Gasteiger partial charge on any atom is 0.134 e. The molecule has 1 unspecified atom stereocenters. The lowest BCUT2D eigenvalue weighted by Gasteiger charge is -2.16. The molecule has 3 nitrogen and oxygen atoms in total. The van der Waals surface area contributed by atoms with E-state index in [-0.39, 0.29) is 5.92 Å². The first kappa shape index (κ1) is 17.4. The Morgan fingerprint density at radius 2 is 1.90 bits per heavy atom. The van der Waals surface area contributed by atoms with Gasteiger partial charge in [-0.3, -0.25) is 4.99 Å². The smallest absolute Gasteiger partial charge is 0.134 e. The molecule has 1 aliphatic rings. The van der Waals surface area contributed by atoms with Crippen LogP contribution in [-0.2, 0) is 4.79 Å². The number of carbonyl (C=O) groups is 1. The number of nitrogens with zero attached hydrogens (tertiary/aromatic N) is 2. The van der Waals surface area contributed by atoms with Crippen molar-refractivity contribution in [3.05, 3.63) is 0 Å². The number of aliphatic imine (C=N–C) groups is 2. The number of hydrogen-bond acceptors (Lipinski definition) is 3. The number of thioether (sulfide) groups is 1. The van der Waals surface area contributed by atoms with Crippen LogP contribution in [0.1, 0.15) is 59.3 Å². The van der Waals surface area contributed by atoms with E-state index in [2.05, 4.69) is 20.1 Å². The van der Waals surface area contributed by atoms with Crippen molar-refractivity contribution in [2.75, 3.05) is 6.26 Å². The second kappa shape index (κ2) is 9.32. The largest absolute Gasteiger partial charge is 0.303 e. The molecular weight excluding hydrogens is 268 g/mol. The van der Waals surface area contributed by atoms with Crippen molar-refractivity contribution >= 4 is 28.9 Å². The average molecular weight is 296 g/mol. The second-order valence-corrected chi connectivity index (χ2v) is 6.34. The fraction of sp³-hybridized carbons (Fsp3) is 0.812. The first-order valence-corrected chi connectivity index (χ1v) is 9.04. The van der Waals surface area contributed by atoms with Gasteiger partial charge in [0.05, 0.1) is 17.0 Å². The molecule has 0 amide bonds. The lowest BCUT2D eigenvalue weighted by molar-refractivity contribution is -0.109. The van der Waals surface area contributed by atoms with E-state index in [1.807, 2.05) is 6.92 Å². The number of rotatable bonds is 6. The van der Waals surface area contributed by atoms with E-state index in [4.69, 9.17) is 9.98 Å². The molecule has 1 aliphatic carbocycles. The third-order valence-corrected chi connectivity index (χ3v) is 4.86. The average Bonchev–Trinajstić information content (AvgIpc) is 2.98. The molecule has 4 heteroatoms. The second-order valence-electron chi connectivity index (χ2n) is 5.52. The van der Waals surface area contributed by atoms with Gasteiger partial charge in [-0.2, -0.15) is 0 Å². The highest BCUT2D eigenvalue weighted by Gasteiger charge is 2.19. The number of hydrogen-bond donors (Lipinski definition) is 0. The summed E-state index contributed by atoms with van der Waals surface area (Å²) in [5.41, 5.74) is 0. The third-order valence-electron chi connectivity index (χ3n) is 4.02. The molecule has 1 atom stereocenters. The van der Waals surface area contributed by atoms with Gasteiger partial charge in [-0.25, -0.2) is 4.99 Å². The van der Waals surface area contributed by atoms with E-state index in [1.165, 1.54) is 12.8 Å². The SMILES string of the molecule is CCC(CC)C(=NC(=NC1CCCC1)C(C)C=O)SC. The highest BCUT2D eigenvalue weighted by Crippen LogP contribution is 2.23. The number of amidine groups is 1. The lowest BCUT2D eigenvalue weighted by atomic mass is 10.1. The molecule has 1 saturated carbocycles. The molecule has 0 spiro atoms. The summed E-state index contributed by atoms with van der Waals surface area (Å²) in [5.74, 6) is 1.02. The maximum atomic E-state index is 11.1. The summed E-state index contributed by atoms with van der Waals surface area (Å²) >= 11 is 1.69. The molecule has 0 aromatic heterocycles. The predicted octanol–water partition coefficient (Wildman–Crippen LogP) is 4.36. The summed E-state index contributed by atoms with van der Waals surface area (Å²) < 4.78 is 0. The van der Waals surface area contributed by atoms with E-state index < -0.39 is 0 Å². The summed E-state index contributed by atoms with van der Waals surface area (Å²) in [6.07, 6.45) is 9.99. The molecule has 0 aromatic rings. The van der Waals surface area contributed by atoms with E-state index >= 15 is 0 Å². The van der Waals surface area contributed by atoms with Crippen LogP contribution in [0.15, 0.2) is 9.98 Å². The van der Waals surface area contributed by atoms with Crippen LogP contribution in [-0.4, -0.2) is 29.5 Å². The van der Waals surface area contributed by atoms with Crippen molar-refractivity contribution in [2.45, 2.75) is 65.3 Å². The summed E-state index contributed by atoms with van der Waals surface area (Å²) in [7, 11) is 0. The van der Waals surface area contributed by atoms with Gasteiger partial charge in [-0.15, -0.1) is 11.8 Å². The standard InChI is InChI=1S/C16H28N2OS/c1-5-13(6-2)16(20-4)18-15(12(3)11-19)17-14-9-7-8-10-14/h11-14H,5-10H2,1-4H3. The normalized spacial score (nSPS) is 19.6. The minimum atomic E-state index is -0.202. The Bertz CT molecular complexity index is 355. The fourth-order valence-corrected chi connectivity index (χ4v) is 3.44. The molecule has 0 aliphatic heterocycles. The molecule has 20 heavy (non-hydrogen) atoms. The van der Waals surface area contributed by atoms with Gasteiger partial charge >= 0.3 is 0 Å².